The summed E-state index contributed by atoms with van der Waals surface area (Å²) in [4.78, 5) is 35.1. The molecular formula is C7H11NO5. The van der Waals surface area contributed by atoms with Crippen molar-refractivity contribution in [2.75, 3.05) is 6.61 Å². The Morgan fingerprint density at radius 3 is 2.62 bits per heavy atom. The summed E-state index contributed by atoms with van der Waals surface area (Å²) < 4.78 is 4.59. The number of hydrogen-bond donors (Lipinski definition) is 1. The zero-order valence-corrected chi connectivity index (χ0v) is 7.24. The summed E-state index contributed by atoms with van der Waals surface area (Å²) in [7, 11) is 0. The monoisotopic (exact) mass is 189 g/mol. The van der Waals surface area contributed by atoms with E-state index < -0.39 is 18.4 Å². The van der Waals surface area contributed by atoms with Crippen LogP contribution >= 0.6 is 0 Å². The molecule has 0 rings (SSSR count). The third-order valence-electron chi connectivity index (χ3n) is 0.977. The van der Waals surface area contributed by atoms with Gasteiger partial charge >= 0.3 is 11.9 Å². The molecule has 0 aromatic rings. The number of carbonyl (C=O) groups excluding carboxylic acids is 3. The van der Waals surface area contributed by atoms with E-state index in [1.807, 2.05) is 6.92 Å². The second-order valence-corrected chi connectivity index (χ2v) is 2.11. The van der Waals surface area contributed by atoms with Crippen LogP contribution < -0.4 is 5.48 Å². The SMILES string of the molecule is CCCOC(=O)CC(=O)ONC=O. The van der Waals surface area contributed by atoms with Gasteiger partial charge in [-0.2, -0.15) is 5.48 Å². The van der Waals surface area contributed by atoms with Crippen LogP contribution in [-0.2, 0) is 24.0 Å². The number of amides is 1. The molecular weight excluding hydrogens is 178 g/mol. The summed E-state index contributed by atoms with van der Waals surface area (Å²) in [6, 6.07) is 0. The largest absolute Gasteiger partial charge is 0.465 e. The van der Waals surface area contributed by atoms with Crippen LogP contribution in [0.5, 0.6) is 0 Å². The van der Waals surface area contributed by atoms with Crippen LogP contribution in [0, 0.1) is 0 Å². The maximum absolute atomic E-state index is 10.7. The maximum Gasteiger partial charge on any atom is 0.343 e. The van der Waals surface area contributed by atoms with Crippen LogP contribution in [-0.4, -0.2) is 25.0 Å². The maximum atomic E-state index is 10.7. The van der Waals surface area contributed by atoms with Crippen molar-refractivity contribution in [2.45, 2.75) is 19.8 Å². The molecule has 0 atom stereocenters. The molecule has 0 aromatic carbocycles. The fourth-order valence-electron chi connectivity index (χ4n) is 0.511. The van der Waals surface area contributed by atoms with Crippen LogP contribution in [0.4, 0.5) is 0 Å². The lowest BCUT2D eigenvalue weighted by Crippen LogP contribution is -2.21. The van der Waals surface area contributed by atoms with Gasteiger partial charge in [0.1, 0.15) is 6.42 Å². The number of rotatable bonds is 6. The van der Waals surface area contributed by atoms with Crippen LogP contribution in [0.25, 0.3) is 0 Å². The third kappa shape index (κ3) is 6.79. The van der Waals surface area contributed by atoms with Gasteiger partial charge in [0.15, 0.2) is 0 Å². The van der Waals surface area contributed by atoms with Gasteiger partial charge in [0.2, 0.25) is 6.41 Å². The standard InChI is InChI=1S/C7H11NO5/c1-2-3-12-6(10)4-7(11)13-8-5-9/h5H,2-4H2,1H3,(H,8,9). The van der Waals surface area contributed by atoms with Gasteiger partial charge in [-0.05, 0) is 6.42 Å². The number of ether oxygens (including phenoxy) is 1. The molecule has 6 heteroatoms. The Morgan fingerprint density at radius 2 is 2.08 bits per heavy atom. The van der Waals surface area contributed by atoms with Gasteiger partial charge in [-0.25, -0.2) is 4.79 Å². The van der Waals surface area contributed by atoms with Crippen molar-refractivity contribution >= 4 is 18.3 Å². The molecule has 0 spiro atoms. The second kappa shape index (κ2) is 7.08. The Labute approximate surface area is 75.1 Å². The molecule has 0 unspecified atom stereocenters. The van der Waals surface area contributed by atoms with Gasteiger partial charge in [0.25, 0.3) is 0 Å². The minimum absolute atomic E-state index is 0.190. The van der Waals surface area contributed by atoms with Crippen molar-refractivity contribution in [2.24, 2.45) is 0 Å². The Balaban J connectivity index is 3.53. The van der Waals surface area contributed by atoms with E-state index in [2.05, 4.69) is 9.57 Å². The highest BCUT2D eigenvalue weighted by molar-refractivity contribution is 5.91. The number of hydroxylamine groups is 1. The van der Waals surface area contributed by atoms with E-state index in [0.717, 1.165) is 0 Å². The van der Waals surface area contributed by atoms with Crippen LogP contribution in [0.15, 0.2) is 0 Å². The summed E-state index contributed by atoms with van der Waals surface area (Å²) in [5.74, 6) is -1.52. The highest BCUT2D eigenvalue weighted by Crippen LogP contribution is 1.90. The van der Waals surface area contributed by atoms with Gasteiger partial charge in [-0.1, -0.05) is 6.92 Å². The Morgan fingerprint density at radius 1 is 1.38 bits per heavy atom. The minimum atomic E-state index is -0.854. The van der Waals surface area contributed by atoms with E-state index in [1.165, 1.54) is 0 Å². The second-order valence-electron chi connectivity index (χ2n) is 2.11. The van der Waals surface area contributed by atoms with E-state index in [-0.39, 0.29) is 13.0 Å². The quantitative estimate of drug-likeness (QED) is 0.264. The lowest BCUT2D eigenvalue weighted by molar-refractivity contribution is -0.161. The molecule has 74 valence electrons. The van der Waals surface area contributed by atoms with Gasteiger partial charge in [-0.3, -0.25) is 9.59 Å². The Bertz CT molecular complexity index is 191. The van der Waals surface area contributed by atoms with Crippen molar-refractivity contribution in [3.8, 4) is 0 Å². The van der Waals surface area contributed by atoms with Crippen LogP contribution in [0.3, 0.4) is 0 Å². The lowest BCUT2D eigenvalue weighted by Gasteiger charge is -2.01. The van der Waals surface area contributed by atoms with Gasteiger partial charge < -0.3 is 9.57 Å². The summed E-state index contributed by atoms with van der Waals surface area (Å²) in [6.07, 6.45) is 0.378. The zero-order valence-electron chi connectivity index (χ0n) is 7.24. The molecule has 0 saturated heterocycles. The first-order valence-electron chi connectivity index (χ1n) is 3.75. The lowest BCUT2D eigenvalue weighted by atomic mass is 10.4. The van der Waals surface area contributed by atoms with Gasteiger partial charge in [-0.15, -0.1) is 0 Å². The molecule has 6 nitrogen and oxygen atoms in total. The predicted molar refractivity (Wildman–Crippen MR) is 41.2 cm³/mol. The predicted octanol–water partition coefficient (Wildman–Crippen LogP) is -0.466. The van der Waals surface area contributed by atoms with Crippen LogP contribution in [0.1, 0.15) is 19.8 Å². The molecule has 0 aliphatic heterocycles. The molecule has 0 aliphatic rings. The smallest absolute Gasteiger partial charge is 0.343 e. The molecule has 0 fully saturated rings. The van der Waals surface area contributed by atoms with E-state index in [9.17, 15) is 14.4 Å². The average Bonchev–Trinajstić information content (AvgIpc) is 2.11. The van der Waals surface area contributed by atoms with E-state index in [0.29, 0.717) is 6.42 Å². The highest BCUT2D eigenvalue weighted by atomic mass is 16.7. The molecule has 0 aliphatic carbocycles. The molecule has 0 bridgehead atoms. The summed E-state index contributed by atoms with van der Waals surface area (Å²) in [5.41, 5.74) is 1.67. The Hall–Kier alpha value is -1.59. The van der Waals surface area contributed by atoms with Crippen molar-refractivity contribution in [3.05, 3.63) is 0 Å². The van der Waals surface area contributed by atoms with E-state index >= 15 is 0 Å². The van der Waals surface area contributed by atoms with Gasteiger partial charge in [0.05, 0.1) is 6.61 Å². The summed E-state index contributed by atoms with van der Waals surface area (Å²) in [5, 5.41) is 0. The fraction of sp³-hybridized carbons (Fsp3) is 0.571. The molecule has 0 saturated carbocycles. The third-order valence-corrected chi connectivity index (χ3v) is 0.977. The summed E-state index contributed by atoms with van der Waals surface area (Å²) in [6.45, 7) is 2.10. The molecule has 1 amide bonds. The van der Waals surface area contributed by atoms with Crippen molar-refractivity contribution < 1.29 is 24.0 Å². The molecule has 1 N–H and O–H groups in total. The van der Waals surface area contributed by atoms with Crippen molar-refractivity contribution in [1.29, 1.82) is 0 Å². The topological polar surface area (TPSA) is 81.7 Å². The number of hydrogen-bond acceptors (Lipinski definition) is 5. The molecule has 0 aromatic heterocycles. The minimum Gasteiger partial charge on any atom is -0.465 e. The van der Waals surface area contributed by atoms with E-state index in [4.69, 9.17) is 0 Å². The normalized spacial score (nSPS) is 8.69. The molecule has 13 heavy (non-hydrogen) atoms. The van der Waals surface area contributed by atoms with Crippen LogP contribution in [0.2, 0.25) is 0 Å². The average molecular weight is 189 g/mol. The highest BCUT2D eigenvalue weighted by Gasteiger charge is 2.11. The van der Waals surface area contributed by atoms with E-state index in [1.54, 1.807) is 5.48 Å². The number of esters is 1. The van der Waals surface area contributed by atoms with Gasteiger partial charge in [0, 0.05) is 0 Å². The first kappa shape index (κ1) is 11.4. The Kier molecular flexibility index (Phi) is 6.21. The summed E-state index contributed by atoms with van der Waals surface area (Å²) >= 11 is 0. The van der Waals surface area contributed by atoms with Crippen molar-refractivity contribution in [3.63, 3.8) is 0 Å². The number of nitrogens with one attached hydrogen (secondary N) is 1. The first-order chi connectivity index (χ1) is 6.20. The zero-order chi connectivity index (χ0) is 10.1. The fourth-order valence-corrected chi connectivity index (χ4v) is 0.511. The molecule has 0 radical (unpaired) electrons. The number of carbonyl (C=O) groups is 3. The van der Waals surface area contributed by atoms with Crippen molar-refractivity contribution in [1.82, 2.24) is 5.48 Å². The first-order valence-corrected chi connectivity index (χ1v) is 3.75. The molecule has 0 heterocycles.